The van der Waals surface area contributed by atoms with Crippen LogP contribution in [0.1, 0.15) is 34.6 Å². The van der Waals surface area contributed by atoms with E-state index in [1.807, 2.05) is 18.9 Å². The van der Waals surface area contributed by atoms with Gasteiger partial charge < -0.3 is 4.90 Å². The molecular formula is C15H28N2Si. The number of hydrogen-bond donors (Lipinski definition) is 0. The second-order valence-corrected chi connectivity index (χ2v) is 11.5. The van der Waals surface area contributed by atoms with Gasteiger partial charge in [0.2, 0.25) is 0 Å². The predicted molar refractivity (Wildman–Crippen MR) is 85.5 cm³/mol. The van der Waals surface area contributed by atoms with E-state index < -0.39 is 8.07 Å². The van der Waals surface area contributed by atoms with Crippen LogP contribution in [0.5, 0.6) is 0 Å². The van der Waals surface area contributed by atoms with E-state index in [1.165, 1.54) is 0 Å². The van der Waals surface area contributed by atoms with E-state index in [2.05, 4.69) is 63.8 Å². The first-order chi connectivity index (χ1) is 7.97. The van der Waals surface area contributed by atoms with Gasteiger partial charge >= 0.3 is 0 Å². The normalized spacial score (nSPS) is 14.0. The molecule has 0 aliphatic carbocycles. The molecule has 0 rings (SSSR count). The quantitative estimate of drug-likeness (QED) is 0.326. The minimum absolute atomic E-state index is 0.183. The molecule has 0 aliphatic heterocycles. The number of hydrogen-bond acceptors (Lipinski definition) is 1. The highest BCUT2D eigenvalue weighted by Gasteiger charge is 2.33. The van der Waals surface area contributed by atoms with Crippen LogP contribution in [-0.4, -0.2) is 32.4 Å². The standard InChI is InChI=1S/C15H28N2Si/c1-13(2)16-12-17(7)14(3)10-11-18(8,9)15(4,5)6/h12,14H,1H2,2-9H3. The highest BCUT2D eigenvalue weighted by molar-refractivity contribution is 6.87. The van der Waals surface area contributed by atoms with Crippen LogP contribution in [0.3, 0.4) is 0 Å². The van der Waals surface area contributed by atoms with E-state index in [1.54, 1.807) is 6.34 Å². The maximum absolute atomic E-state index is 4.19. The average molecular weight is 264 g/mol. The predicted octanol–water partition coefficient (Wildman–Crippen LogP) is 3.92. The second-order valence-electron chi connectivity index (χ2n) is 6.47. The first-order valence-electron chi connectivity index (χ1n) is 6.41. The third-order valence-electron chi connectivity index (χ3n) is 3.54. The van der Waals surface area contributed by atoms with Gasteiger partial charge in [0.15, 0.2) is 0 Å². The van der Waals surface area contributed by atoms with Crippen LogP contribution in [-0.2, 0) is 0 Å². The smallest absolute Gasteiger partial charge is 0.137 e. The molecule has 3 heteroatoms. The van der Waals surface area contributed by atoms with Crippen LogP contribution in [0.2, 0.25) is 18.1 Å². The van der Waals surface area contributed by atoms with Gasteiger partial charge in [0.05, 0.1) is 12.4 Å². The van der Waals surface area contributed by atoms with Crippen LogP contribution in [0, 0.1) is 11.5 Å². The van der Waals surface area contributed by atoms with Crippen molar-refractivity contribution in [3.05, 3.63) is 12.3 Å². The van der Waals surface area contributed by atoms with Gasteiger partial charge in [-0.1, -0.05) is 46.4 Å². The molecule has 18 heavy (non-hydrogen) atoms. The lowest BCUT2D eigenvalue weighted by atomic mass is 10.2. The Morgan fingerprint density at radius 1 is 1.39 bits per heavy atom. The molecule has 0 radical (unpaired) electrons. The highest BCUT2D eigenvalue weighted by atomic mass is 28.3. The first-order valence-corrected chi connectivity index (χ1v) is 9.41. The molecule has 0 amide bonds. The molecule has 0 aromatic carbocycles. The van der Waals surface area contributed by atoms with Gasteiger partial charge in [0.25, 0.3) is 0 Å². The molecule has 0 heterocycles. The zero-order valence-electron chi connectivity index (χ0n) is 13.3. The summed E-state index contributed by atoms with van der Waals surface area (Å²) in [7, 11) is 0.489. The summed E-state index contributed by atoms with van der Waals surface area (Å²) in [5, 5.41) is 0.310. The molecule has 102 valence electrons. The van der Waals surface area contributed by atoms with E-state index in [0.29, 0.717) is 5.04 Å². The Bertz CT molecular complexity index is 378. The van der Waals surface area contributed by atoms with Crippen molar-refractivity contribution < 1.29 is 0 Å². The molecule has 0 spiro atoms. The van der Waals surface area contributed by atoms with Crippen molar-refractivity contribution in [2.45, 2.75) is 58.8 Å². The van der Waals surface area contributed by atoms with Crippen molar-refractivity contribution in [3.63, 3.8) is 0 Å². The molecule has 2 nitrogen and oxygen atoms in total. The average Bonchev–Trinajstić information content (AvgIpc) is 2.20. The third-order valence-corrected chi connectivity index (χ3v) is 8.06. The summed E-state index contributed by atoms with van der Waals surface area (Å²) in [6.45, 7) is 19.2. The van der Waals surface area contributed by atoms with Crippen molar-refractivity contribution in [1.29, 1.82) is 0 Å². The topological polar surface area (TPSA) is 15.6 Å². The minimum atomic E-state index is -1.51. The zero-order chi connectivity index (χ0) is 14.6. The van der Waals surface area contributed by atoms with Gasteiger partial charge in [-0.3, -0.25) is 0 Å². The van der Waals surface area contributed by atoms with Crippen molar-refractivity contribution >= 4 is 14.4 Å². The second kappa shape index (κ2) is 6.24. The summed E-state index contributed by atoms with van der Waals surface area (Å²) in [5.41, 5.74) is 4.34. The van der Waals surface area contributed by atoms with Crippen molar-refractivity contribution in [3.8, 4) is 11.5 Å². The largest absolute Gasteiger partial charge is 0.352 e. The Morgan fingerprint density at radius 3 is 2.28 bits per heavy atom. The van der Waals surface area contributed by atoms with E-state index in [-0.39, 0.29) is 6.04 Å². The Kier molecular flexibility index (Phi) is 5.89. The lowest BCUT2D eigenvalue weighted by molar-refractivity contribution is 0.477. The molecule has 0 N–H and O–H groups in total. The molecule has 0 aliphatic rings. The third kappa shape index (κ3) is 5.55. The monoisotopic (exact) mass is 264 g/mol. The fraction of sp³-hybridized carbons (Fsp3) is 0.667. The molecular weight excluding hydrogens is 236 g/mol. The van der Waals surface area contributed by atoms with E-state index >= 15 is 0 Å². The lowest BCUT2D eigenvalue weighted by Gasteiger charge is -2.32. The highest BCUT2D eigenvalue weighted by Crippen LogP contribution is 2.35. The maximum atomic E-state index is 4.19. The van der Waals surface area contributed by atoms with Gasteiger partial charge in [-0.05, 0) is 18.9 Å². The van der Waals surface area contributed by atoms with Crippen LogP contribution in [0.4, 0.5) is 0 Å². The van der Waals surface area contributed by atoms with Crippen molar-refractivity contribution in [2.24, 2.45) is 4.99 Å². The Hall–Kier alpha value is -1.01. The summed E-state index contributed by atoms with van der Waals surface area (Å²) >= 11 is 0. The Labute approximate surface area is 114 Å². The SMILES string of the molecule is C=C(C)N=CN(C)C(C)C#C[Si](C)(C)C(C)(C)C. The molecule has 1 unspecified atom stereocenters. The van der Waals surface area contributed by atoms with Crippen LogP contribution >= 0.6 is 0 Å². The van der Waals surface area contributed by atoms with Crippen LogP contribution < -0.4 is 0 Å². The van der Waals surface area contributed by atoms with Gasteiger partial charge in [0, 0.05) is 12.7 Å². The van der Waals surface area contributed by atoms with Crippen LogP contribution in [0.25, 0.3) is 0 Å². The summed E-state index contributed by atoms with van der Waals surface area (Å²) < 4.78 is 0. The Morgan fingerprint density at radius 2 is 1.89 bits per heavy atom. The lowest BCUT2D eigenvalue weighted by Crippen LogP contribution is -2.36. The minimum Gasteiger partial charge on any atom is -0.352 e. The molecule has 0 bridgehead atoms. The number of aliphatic imine (C=N–C) groups is 1. The van der Waals surface area contributed by atoms with Gasteiger partial charge in [0.1, 0.15) is 8.07 Å². The molecule has 0 fully saturated rings. The maximum Gasteiger partial charge on any atom is 0.137 e. The molecule has 0 aromatic heterocycles. The summed E-state index contributed by atoms with van der Waals surface area (Å²) in [5.74, 6) is 3.37. The first kappa shape index (κ1) is 17.0. The van der Waals surface area contributed by atoms with Crippen molar-refractivity contribution in [1.82, 2.24) is 4.90 Å². The summed E-state index contributed by atoms with van der Waals surface area (Å²) in [6.07, 6.45) is 1.80. The summed E-state index contributed by atoms with van der Waals surface area (Å²) in [6, 6.07) is 0.183. The van der Waals surface area contributed by atoms with Crippen LogP contribution in [0.15, 0.2) is 17.3 Å². The molecule has 0 saturated carbocycles. The van der Waals surface area contributed by atoms with Gasteiger partial charge in [-0.15, -0.1) is 5.54 Å². The molecule has 0 aromatic rings. The fourth-order valence-corrected chi connectivity index (χ4v) is 1.81. The molecule has 1 atom stereocenters. The Balaban J connectivity index is 4.78. The number of nitrogens with zero attached hydrogens (tertiary/aromatic N) is 2. The summed E-state index contributed by atoms with van der Waals surface area (Å²) in [4.78, 5) is 6.21. The van der Waals surface area contributed by atoms with E-state index in [9.17, 15) is 0 Å². The van der Waals surface area contributed by atoms with Gasteiger partial charge in [-0.2, -0.15) is 0 Å². The fourth-order valence-electron chi connectivity index (χ4n) is 0.864. The number of allylic oxidation sites excluding steroid dienone is 1. The number of rotatable bonds is 3. The van der Waals surface area contributed by atoms with Gasteiger partial charge in [-0.25, -0.2) is 4.99 Å². The van der Waals surface area contributed by atoms with E-state index in [0.717, 1.165) is 5.70 Å². The van der Waals surface area contributed by atoms with E-state index in [4.69, 9.17) is 0 Å². The molecule has 0 saturated heterocycles. The van der Waals surface area contributed by atoms with Crippen molar-refractivity contribution in [2.75, 3.05) is 7.05 Å². The zero-order valence-corrected chi connectivity index (χ0v) is 14.3.